The summed E-state index contributed by atoms with van der Waals surface area (Å²) in [5, 5.41) is 10.1. The van der Waals surface area contributed by atoms with Gasteiger partial charge in [0.05, 0.1) is 13.0 Å². The molecule has 0 spiro atoms. The first kappa shape index (κ1) is 17.8. The summed E-state index contributed by atoms with van der Waals surface area (Å²) in [4.78, 5) is 25.0. The van der Waals surface area contributed by atoms with Crippen LogP contribution in [0.15, 0.2) is 24.3 Å². The number of anilines is 1. The first-order chi connectivity index (χ1) is 11.5. The lowest BCUT2D eigenvalue weighted by Gasteiger charge is -2.24. The van der Waals surface area contributed by atoms with Gasteiger partial charge in [-0.25, -0.2) is 4.79 Å². The minimum absolute atomic E-state index is 0.201. The second kappa shape index (κ2) is 7.86. The first-order valence-electron chi connectivity index (χ1n) is 8.21. The average Bonchev–Trinajstić information content (AvgIpc) is 2.88. The molecular weight excluding hydrogens is 308 g/mol. The Hall–Kier alpha value is -2.50. The molecule has 0 radical (unpaired) electrons. The van der Waals surface area contributed by atoms with Crippen molar-refractivity contribution in [3.63, 3.8) is 0 Å². The Morgan fingerprint density at radius 3 is 2.58 bits per heavy atom. The van der Waals surface area contributed by atoms with Gasteiger partial charge in [-0.3, -0.25) is 4.79 Å². The molecule has 0 saturated heterocycles. The van der Waals surface area contributed by atoms with Crippen molar-refractivity contribution in [1.82, 2.24) is 4.57 Å². The largest absolute Gasteiger partial charge is 0.477 e. The summed E-state index contributed by atoms with van der Waals surface area (Å²) >= 11 is 0. The molecule has 0 bridgehead atoms. The third kappa shape index (κ3) is 3.88. The summed E-state index contributed by atoms with van der Waals surface area (Å²) in [5.74, 6) is -1.14. The van der Waals surface area contributed by atoms with Gasteiger partial charge in [0, 0.05) is 36.7 Å². The van der Waals surface area contributed by atoms with E-state index in [9.17, 15) is 14.7 Å². The lowest BCUT2D eigenvalue weighted by atomic mass is 10.2. The van der Waals surface area contributed by atoms with E-state index in [0.29, 0.717) is 19.6 Å². The van der Waals surface area contributed by atoms with Crippen LogP contribution in [0.5, 0.6) is 0 Å². The Bertz CT molecular complexity index is 736. The number of carboxylic acid groups (broad SMARTS) is 1. The predicted octanol–water partition coefficient (Wildman–Crippen LogP) is 3.05. The Morgan fingerprint density at radius 2 is 1.96 bits per heavy atom. The van der Waals surface area contributed by atoms with Gasteiger partial charge in [0.2, 0.25) is 0 Å². The fraction of sp³-hybridized carbons (Fsp3) is 0.444. The number of hydrogen-bond acceptors (Lipinski definition) is 4. The standard InChI is InChI=1S/C18H24N2O4/c1-4-9-20(10-8-17(21)24-5-2)14-6-7-15-13(11-14)12-16(18(22)23)19(15)3/h6-7,11-12H,4-5,8-10H2,1-3H3,(H,22,23). The molecule has 0 aliphatic carbocycles. The normalized spacial score (nSPS) is 10.8. The highest BCUT2D eigenvalue weighted by atomic mass is 16.5. The van der Waals surface area contributed by atoms with E-state index < -0.39 is 5.97 Å². The molecule has 6 nitrogen and oxygen atoms in total. The first-order valence-corrected chi connectivity index (χ1v) is 8.21. The van der Waals surface area contributed by atoms with E-state index in [4.69, 9.17) is 4.74 Å². The van der Waals surface area contributed by atoms with E-state index in [1.54, 1.807) is 24.6 Å². The van der Waals surface area contributed by atoms with Crippen molar-refractivity contribution in [3.8, 4) is 0 Å². The molecule has 1 aromatic heterocycles. The molecule has 0 unspecified atom stereocenters. The summed E-state index contributed by atoms with van der Waals surface area (Å²) in [6.07, 6.45) is 1.29. The quantitative estimate of drug-likeness (QED) is 0.752. The number of benzene rings is 1. The lowest BCUT2D eigenvalue weighted by Crippen LogP contribution is -2.27. The minimum atomic E-state index is -0.942. The van der Waals surface area contributed by atoms with Crippen molar-refractivity contribution >= 4 is 28.5 Å². The van der Waals surface area contributed by atoms with Gasteiger partial charge in [-0.2, -0.15) is 0 Å². The SMILES string of the molecule is CCCN(CCC(=O)OCC)c1ccc2c(c1)cc(C(=O)O)n2C. The molecule has 6 heteroatoms. The van der Waals surface area contributed by atoms with Crippen LogP contribution in [0.2, 0.25) is 0 Å². The van der Waals surface area contributed by atoms with Gasteiger partial charge in [0.15, 0.2) is 0 Å². The van der Waals surface area contributed by atoms with Gasteiger partial charge in [-0.1, -0.05) is 6.92 Å². The van der Waals surface area contributed by atoms with E-state index >= 15 is 0 Å². The van der Waals surface area contributed by atoms with Crippen molar-refractivity contribution in [3.05, 3.63) is 30.0 Å². The van der Waals surface area contributed by atoms with E-state index in [1.807, 2.05) is 18.2 Å². The van der Waals surface area contributed by atoms with Crippen LogP contribution in [0.3, 0.4) is 0 Å². The van der Waals surface area contributed by atoms with Crippen molar-refractivity contribution < 1.29 is 19.4 Å². The van der Waals surface area contributed by atoms with Gasteiger partial charge in [-0.05, 0) is 37.6 Å². The zero-order valence-corrected chi connectivity index (χ0v) is 14.4. The summed E-state index contributed by atoms with van der Waals surface area (Å²) in [6.45, 7) is 5.67. The molecule has 0 amide bonds. The molecule has 1 heterocycles. The molecule has 130 valence electrons. The monoisotopic (exact) mass is 332 g/mol. The Balaban J connectivity index is 2.26. The molecule has 2 rings (SSSR count). The average molecular weight is 332 g/mol. The summed E-state index contributed by atoms with van der Waals surface area (Å²) in [7, 11) is 1.75. The maximum Gasteiger partial charge on any atom is 0.352 e. The maximum atomic E-state index is 11.6. The number of carbonyl (C=O) groups is 2. The van der Waals surface area contributed by atoms with Crippen LogP contribution >= 0.6 is 0 Å². The van der Waals surface area contributed by atoms with Crippen LogP contribution in [-0.2, 0) is 16.6 Å². The molecule has 0 fully saturated rings. The zero-order chi connectivity index (χ0) is 17.7. The third-order valence-corrected chi connectivity index (χ3v) is 4.00. The predicted molar refractivity (Wildman–Crippen MR) is 93.6 cm³/mol. The van der Waals surface area contributed by atoms with Gasteiger partial charge >= 0.3 is 11.9 Å². The Kier molecular flexibility index (Phi) is 5.84. The van der Waals surface area contributed by atoms with E-state index in [-0.39, 0.29) is 11.7 Å². The minimum Gasteiger partial charge on any atom is -0.477 e. The second-order valence-corrected chi connectivity index (χ2v) is 5.68. The van der Waals surface area contributed by atoms with Crippen LogP contribution in [0, 0.1) is 0 Å². The summed E-state index contributed by atoms with van der Waals surface area (Å²) in [5.41, 5.74) is 2.12. The van der Waals surface area contributed by atoms with E-state index in [2.05, 4.69) is 11.8 Å². The van der Waals surface area contributed by atoms with Crippen molar-refractivity contribution in [2.75, 3.05) is 24.6 Å². The van der Waals surface area contributed by atoms with Crippen LogP contribution in [0.1, 0.15) is 37.2 Å². The number of rotatable bonds is 8. The molecule has 0 atom stereocenters. The van der Waals surface area contributed by atoms with Crippen molar-refractivity contribution in [2.45, 2.75) is 26.7 Å². The summed E-state index contributed by atoms with van der Waals surface area (Å²) in [6, 6.07) is 7.54. The Morgan fingerprint density at radius 1 is 1.21 bits per heavy atom. The number of carboxylic acids is 1. The fourth-order valence-corrected chi connectivity index (χ4v) is 2.84. The van der Waals surface area contributed by atoms with Gasteiger partial charge in [0.1, 0.15) is 5.69 Å². The number of ether oxygens (including phenoxy) is 1. The van der Waals surface area contributed by atoms with Gasteiger partial charge < -0.3 is 19.3 Å². The maximum absolute atomic E-state index is 11.6. The summed E-state index contributed by atoms with van der Waals surface area (Å²) < 4.78 is 6.66. The van der Waals surface area contributed by atoms with Crippen molar-refractivity contribution in [2.24, 2.45) is 7.05 Å². The zero-order valence-electron chi connectivity index (χ0n) is 14.4. The van der Waals surface area contributed by atoms with Crippen LogP contribution in [0.4, 0.5) is 5.69 Å². The third-order valence-electron chi connectivity index (χ3n) is 4.00. The number of aryl methyl sites for hydroxylation is 1. The number of carbonyl (C=O) groups excluding carboxylic acids is 1. The Labute approximate surface area is 141 Å². The molecular formula is C18H24N2O4. The number of aromatic carboxylic acids is 1. The van der Waals surface area contributed by atoms with E-state index in [1.165, 1.54) is 0 Å². The highest BCUT2D eigenvalue weighted by Gasteiger charge is 2.14. The smallest absolute Gasteiger partial charge is 0.352 e. The molecule has 0 aliphatic rings. The number of nitrogens with zero attached hydrogens (tertiary/aromatic N) is 2. The number of aromatic nitrogens is 1. The molecule has 1 N–H and O–H groups in total. The van der Waals surface area contributed by atoms with Gasteiger partial charge in [0.25, 0.3) is 0 Å². The fourth-order valence-electron chi connectivity index (χ4n) is 2.84. The molecule has 1 aromatic carbocycles. The number of hydrogen-bond donors (Lipinski definition) is 1. The molecule has 0 aliphatic heterocycles. The van der Waals surface area contributed by atoms with E-state index in [0.717, 1.165) is 29.6 Å². The van der Waals surface area contributed by atoms with Crippen LogP contribution in [-0.4, -0.2) is 41.3 Å². The number of esters is 1. The van der Waals surface area contributed by atoms with Crippen LogP contribution in [0.25, 0.3) is 10.9 Å². The number of fused-ring (bicyclic) bond motifs is 1. The van der Waals surface area contributed by atoms with Crippen LogP contribution < -0.4 is 4.90 Å². The second-order valence-electron chi connectivity index (χ2n) is 5.68. The topological polar surface area (TPSA) is 71.8 Å². The van der Waals surface area contributed by atoms with Gasteiger partial charge in [-0.15, -0.1) is 0 Å². The highest BCUT2D eigenvalue weighted by molar-refractivity contribution is 5.95. The molecule has 2 aromatic rings. The lowest BCUT2D eigenvalue weighted by molar-refractivity contribution is -0.142. The molecule has 0 saturated carbocycles. The van der Waals surface area contributed by atoms with Crippen molar-refractivity contribution in [1.29, 1.82) is 0 Å². The highest BCUT2D eigenvalue weighted by Crippen LogP contribution is 2.25. The molecule has 24 heavy (non-hydrogen) atoms.